The Hall–Kier alpha value is -1.47. The van der Waals surface area contributed by atoms with Crippen molar-refractivity contribution in [3.63, 3.8) is 0 Å². The molecule has 1 unspecified atom stereocenters. The van der Waals surface area contributed by atoms with Gasteiger partial charge < -0.3 is 20.3 Å². The van der Waals surface area contributed by atoms with Crippen molar-refractivity contribution in [1.29, 1.82) is 0 Å². The highest BCUT2D eigenvalue weighted by molar-refractivity contribution is 5.18. The molecule has 0 aliphatic carbocycles. The van der Waals surface area contributed by atoms with Crippen LogP contribution in [0.4, 0.5) is 5.82 Å². The Balaban J connectivity index is 1.85. The van der Waals surface area contributed by atoms with E-state index in [1.165, 1.54) is 25.5 Å². The van der Waals surface area contributed by atoms with Crippen LogP contribution in [-0.2, 0) is 6.54 Å². The van der Waals surface area contributed by atoms with Gasteiger partial charge in [0.15, 0.2) is 5.82 Å². The molecule has 7 heteroatoms. The molecule has 1 atom stereocenters. The third kappa shape index (κ3) is 3.77. The number of nitrogens with one attached hydrogen (secondary N) is 1. The van der Waals surface area contributed by atoms with Crippen molar-refractivity contribution in [3.05, 3.63) is 22.1 Å². The minimum atomic E-state index is -0.372. The molecule has 0 aromatic carbocycles. The Morgan fingerprint density at radius 1 is 1.60 bits per heavy atom. The van der Waals surface area contributed by atoms with Gasteiger partial charge in [0.25, 0.3) is 0 Å². The third-order valence-electron chi connectivity index (χ3n) is 3.87. The van der Waals surface area contributed by atoms with Crippen LogP contribution in [0.25, 0.3) is 0 Å². The predicted octanol–water partition coefficient (Wildman–Crippen LogP) is 1.17. The van der Waals surface area contributed by atoms with Crippen LogP contribution < -0.4 is 5.32 Å². The average molecular weight is 281 g/mol. The molecule has 1 aromatic heterocycles. The Morgan fingerprint density at radius 3 is 3.05 bits per heavy atom. The first-order chi connectivity index (χ1) is 9.58. The quantitative estimate of drug-likeness (QED) is 0.626. The first-order valence-electron chi connectivity index (χ1n) is 7.16. The zero-order valence-corrected chi connectivity index (χ0v) is 12.2. The van der Waals surface area contributed by atoms with Gasteiger partial charge in [0.1, 0.15) is 12.7 Å². The summed E-state index contributed by atoms with van der Waals surface area (Å²) in [6, 6.07) is 0.549. The molecule has 0 bridgehead atoms. The van der Waals surface area contributed by atoms with E-state index in [0.29, 0.717) is 18.4 Å². The van der Waals surface area contributed by atoms with Crippen molar-refractivity contribution in [1.82, 2.24) is 19.8 Å². The molecule has 20 heavy (non-hydrogen) atoms. The fourth-order valence-electron chi connectivity index (χ4n) is 2.70. The maximum atomic E-state index is 10.9. The van der Waals surface area contributed by atoms with Gasteiger partial charge in [-0.15, -0.1) is 0 Å². The van der Waals surface area contributed by atoms with Gasteiger partial charge in [0.05, 0.1) is 0 Å². The predicted molar refractivity (Wildman–Crippen MR) is 76.8 cm³/mol. The number of likely N-dealkylation sites (N-methyl/N-ethyl adjacent to an activating group) is 1. The van der Waals surface area contributed by atoms with Crippen molar-refractivity contribution >= 4 is 5.82 Å². The molecule has 1 aliphatic rings. The highest BCUT2D eigenvalue weighted by Crippen LogP contribution is 2.13. The Bertz CT molecular complexity index is 454. The van der Waals surface area contributed by atoms with E-state index < -0.39 is 0 Å². The summed E-state index contributed by atoms with van der Waals surface area (Å²) in [5.74, 6) is 0.771. The normalized spacial score (nSPS) is 19.4. The minimum Gasteiger partial charge on any atom is -0.358 e. The number of nitro groups is 1. The van der Waals surface area contributed by atoms with Crippen molar-refractivity contribution in [2.75, 3.05) is 26.7 Å². The van der Waals surface area contributed by atoms with Crippen molar-refractivity contribution < 1.29 is 4.92 Å². The van der Waals surface area contributed by atoms with Gasteiger partial charge in [-0.1, -0.05) is 6.42 Å². The third-order valence-corrected chi connectivity index (χ3v) is 3.87. The summed E-state index contributed by atoms with van der Waals surface area (Å²) in [7, 11) is 2.06. The van der Waals surface area contributed by atoms with E-state index in [2.05, 4.69) is 22.2 Å². The molecule has 7 nitrogen and oxygen atoms in total. The van der Waals surface area contributed by atoms with Crippen LogP contribution in [0.3, 0.4) is 0 Å². The summed E-state index contributed by atoms with van der Waals surface area (Å²) < 4.78 is 1.67. The highest BCUT2D eigenvalue weighted by Gasteiger charge is 2.19. The van der Waals surface area contributed by atoms with Gasteiger partial charge in [-0.3, -0.25) is 0 Å². The molecular weight excluding hydrogens is 258 g/mol. The second-order valence-corrected chi connectivity index (χ2v) is 5.48. The first-order valence-corrected chi connectivity index (χ1v) is 7.16. The fourth-order valence-corrected chi connectivity index (χ4v) is 2.70. The van der Waals surface area contributed by atoms with E-state index >= 15 is 0 Å². The number of nitrogens with zero attached hydrogens (tertiary/aromatic N) is 4. The standard InChI is InChI=1S/C13H23N5O2/c1-11-15-9-13(18(19)20)17(11)8-7-16(2)10-12-5-3-4-6-14-12/h9,12,14H,3-8,10H2,1-2H3. The van der Waals surface area contributed by atoms with Crippen LogP contribution in [0.2, 0.25) is 0 Å². The maximum Gasteiger partial charge on any atom is 0.342 e. The summed E-state index contributed by atoms with van der Waals surface area (Å²) in [5.41, 5.74) is 0. The van der Waals surface area contributed by atoms with Crippen LogP contribution in [0, 0.1) is 17.0 Å². The minimum absolute atomic E-state index is 0.0756. The Morgan fingerprint density at radius 2 is 2.40 bits per heavy atom. The van der Waals surface area contributed by atoms with Gasteiger partial charge in [0.2, 0.25) is 0 Å². The largest absolute Gasteiger partial charge is 0.358 e. The van der Waals surface area contributed by atoms with Crippen LogP contribution in [0.5, 0.6) is 0 Å². The summed E-state index contributed by atoms with van der Waals surface area (Å²) in [6.07, 6.45) is 5.10. The van der Waals surface area contributed by atoms with Crippen LogP contribution in [-0.4, -0.2) is 52.1 Å². The van der Waals surface area contributed by atoms with Gasteiger partial charge in [-0.05, 0) is 31.4 Å². The zero-order valence-electron chi connectivity index (χ0n) is 12.2. The lowest BCUT2D eigenvalue weighted by Gasteiger charge is -2.27. The molecular formula is C13H23N5O2. The van der Waals surface area contributed by atoms with Gasteiger partial charge in [-0.2, -0.15) is 0 Å². The second kappa shape index (κ2) is 6.81. The summed E-state index contributed by atoms with van der Waals surface area (Å²) in [5, 5.41) is 14.4. The van der Waals surface area contributed by atoms with Crippen LogP contribution >= 0.6 is 0 Å². The molecule has 0 spiro atoms. The van der Waals surface area contributed by atoms with Gasteiger partial charge >= 0.3 is 5.82 Å². The van der Waals surface area contributed by atoms with E-state index in [9.17, 15) is 10.1 Å². The maximum absolute atomic E-state index is 10.9. The molecule has 1 aliphatic heterocycles. The smallest absolute Gasteiger partial charge is 0.342 e. The molecule has 112 valence electrons. The molecule has 2 rings (SSSR count). The number of hydrogen-bond acceptors (Lipinski definition) is 5. The highest BCUT2D eigenvalue weighted by atomic mass is 16.6. The van der Waals surface area contributed by atoms with Gasteiger partial charge in [0, 0.05) is 26.1 Å². The number of piperidine rings is 1. The van der Waals surface area contributed by atoms with Crippen LogP contribution in [0.1, 0.15) is 25.1 Å². The molecule has 0 saturated carbocycles. The topological polar surface area (TPSA) is 76.2 Å². The molecule has 1 saturated heterocycles. The van der Waals surface area contributed by atoms with E-state index in [1.54, 1.807) is 11.5 Å². The number of rotatable bonds is 6. The van der Waals surface area contributed by atoms with E-state index in [0.717, 1.165) is 19.6 Å². The van der Waals surface area contributed by atoms with E-state index in [1.807, 2.05) is 0 Å². The van der Waals surface area contributed by atoms with Gasteiger partial charge in [-0.25, -0.2) is 9.55 Å². The molecule has 1 fully saturated rings. The van der Waals surface area contributed by atoms with Crippen molar-refractivity contribution in [2.45, 2.75) is 38.8 Å². The second-order valence-electron chi connectivity index (χ2n) is 5.48. The molecule has 1 N–H and O–H groups in total. The Kier molecular flexibility index (Phi) is 5.08. The lowest BCUT2D eigenvalue weighted by molar-refractivity contribution is -0.392. The fraction of sp³-hybridized carbons (Fsp3) is 0.769. The molecule has 1 aromatic rings. The molecule has 0 amide bonds. The zero-order chi connectivity index (χ0) is 14.5. The average Bonchev–Trinajstić information content (AvgIpc) is 2.79. The summed E-state index contributed by atoms with van der Waals surface area (Å²) >= 11 is 0. The Labute approximate surface area is 119 Å². The summed E-state index contributed by atoms with van der Waals surface area (Å²) in [6.45, 7) is 5.28. The summed E-state index contributed by atoms with van der Waals surface area (Å²) in [4.78, 5) is 16.8. The number of aryl methyl sites for hydroxylation is 1. The molecule has 0 radical (unpaired) electrons. The van der Waals surface area contributed by atoms with E-state index in [4.69, 9.17) is 0 Å². The molecule has 2 heterocycles. The monoisotopic (exact) mass is 281 g/mol. The SMILES string of the molecule is Cc1ncc([N+](=O)[O-])n1CCN(C)CC1CCCCN1. The van der Waals surface area contributed by atoms with Crippen molar-refractivity contribution in [3.8, 4) is 0 Å². The number of hydrogen-bond donors (Lipinski definition) is 1. The van der Waals surface area contributed by atoms with E-state index in [-0.39, 0.29) is 10.7 Å². The van der Waals surface area contributed by atoms with Crippen molar-refractivity contribution in [2.24, 2.45) is 0 Å². The lowest BCUT2D eigenvalue weighted by atomic mass is 10.0. The number of aromatic nitrogens is 2. The van der Waals surface area contributed by atoms with Crippen LogP contribution in [0.15, 0.2) is 6.20 Å². The number of imidazole rings is 1. The lowest BCUT2D eigenvalue weighted by Crippen LogP contribution is -2.43. The first kappa shape index (κ1) is 14.9.